The lowest BCUT2D eigenvalue weighted by Crippen LogP contribution is -2.36. The molecule has 4 amide bonds. The highest BCUT2D eigenvalue weighted by Crippen LogP contribution is 2.22. The molecule has 0 atom stereocenters. The molecule has 0 saturated carbocycles. The van der Waals surface area contributed by atoms with E-state index in [1.165, 1.54) is 24.3 Å². The van der Waals surface area contributed by atoms with Crippen molar-refractivity contribution in [3.63, 3.8) is 0 Å². The maximum Gasteiger partial charge on any atom is 0.471 e. The van der Waals surface area contributed by atoms with E-state index in [1.54, 1.807) is 5.32 Å². The van der Waals surface area contributed by atoms with Gasteiger partial charge in [-0.15, -0.1) is 0 Å². The van der Waals surface area contributed by atoms with Crippen LogP contribution in [0.15, 0.2) is 93.5 Å². The summed E-state index contributed by atoms with van der Waals surface area (Å²) in [6.45, 7) is -2.25. The first-order chi connectivity index (χ1) is 27.3. The Bertz CT molecular complexity index is 2690. The van der Waals surface area contributed by atoms with E-state index in [4.69, 9.17) is 5.11 Å². The molecule has 0 heterocycles. The van der Waals surface area contributed by atoms with Gasteiger partial charge in [0.25, 0.3) is 48.1 Å². The number of nitrogens with one attached hydrogen (secondary N) is 4. The first-order valence-corrected chi connectivity index (χ1v) is 20.4. The minimum atomic E-state index is -5.09. The molecule has 59 heavy (non-hydrogen) atoms. The number of aromatic carboxylic acids is 1. The molecular weight excluding hydrogens is 858 g/mol. The molecule has 0 spiro atoms. The zero-order valence-electron chi connectivity index (χ0n) is 29.5. The number of hydrogen-bond donors (Lipinski definition) is 8. The number of alkyl halides is 3. The van der Waals surface area contributed by atoms with Crippen LogP contribution in [0.3, 0.4) is 0 Å². The topological polar surface area (TPSA) is 317 Å². The summed E-state index contributed by atoms with van der Waals surface area (Å²) in [5.41, 5.74) is -1.77. The van der Waals surface area contributed by atoms with Crippen molar-refractivity contribution in [3.8, 4) is 0 Å². The van der Waals surface area contributed by atoms with E-state index in [9.17, 15) is 76.1 Å². The van der Waals surface area contributed by atoms with Crippen LogP contribution >= 0.6 is 0 Å². The molecular formula is C34H29F3N4O15S3. The average Bonchev–Trinajstić information content (AvgIpc) is 3.15. The first-order valence-electron chi connectivity index (χ1n) is 16.1. The third kappa shape index (κ3) is 12.1. The summed E-state index contributed by atoms with van der Waals surface area (Å²) in [4.78, 5) is 58.3. The van der Waals surface area contributed by atoms with E-state index >= 15 is 0 Å². The maximum atomic E-state index is 13.0. The third-order valence-electron chi connectivity index (χ3n) is 8.05. The van der Waals surface area contributed by atoms with Crippen LogP contribution in [0.1, 0.15) is 63.7 Å². The Morgan fingerprint density at radius 1 is 0.475 bits per heavy atom. The fourth-order valence-electron chi connectivity index (χ4n) is 5.13. The lowest BCUT2D eigenvalue weighted by molar-refractivity contribution is -0.173. The summed E-state index contributed by atoms with van der Waals surface area (Å²) in [6, 6.07) is 13.3. The Balaban J connectivity index is 1.45. The summed E-state index contributed by atoms with van der Waals surface area (Å²) in [7, 11) is -15.1. The highest BCUT2D eigenvalue weighted by molar-refractivity contribution is 7.86. The summed E-state index contributed by atoms with van der Waals surface area (Å²) in [6.07, 6.45) is -5.09. The van der Waals surface area contributed by atoms with Gasteiger partial charge in [-0.1, -0.05) is 30.3 Å². The Hall–Kier alpha value is -6.25. The van der Waals surface area contributed by atoms with Gasteiger partial charge in [0.05, 0.1) is 20.2 Å². The fourth-order valence-corrected chi connectivity index (χ4v) is 7.37. The number of carbonyl (C=O) groups is 5. The molecule has 4 aromatic carbocycles. The standard InChI is InChI=1S/C34H29F3N4O15S3/c35-34(36,37)33(47)41-14-18-1-3-19(4-2-18)29(42)38-15-23-8-5-20(11-26(23)57(48,49)50)30(43)39-16-24-9-6-21(12-27(24)58(51,52)53)31(44)40-17-25-10-7-22(32(45)46)13-28(25)59(54,55)56/h1-13H,14-17H2,(H,38,42)(H,39,43)(H,40,44)(H,41,47)(H,45,46)(H,48,49,50)(H,51,52,53)(H,54,55,56). The molecule has 19 nitrogen and oxygen atoms in total. The van der Waals surface area contributed by atoms with Gasteiger partial charge < -0.3 is 26.4 Å². The zero-order chi connectivity index (χ0) is 44.1. The van der Waals surface area contributed by atoms with Gasteiger partial charge in [-0.05, 0) is 70.8 Å². The van der Waals surface area contributed by atoms with Gasteiger partial charge in [-0.3, -0.25) is 32.8 Å². The molecule has 0 saturated heterocycles. The van der Waals surface area contributed by atoms with Crippen LogP contribution < -0.4 is 21.3 Å². The number of halogens is 3. The Morgan fingerprint density at radius 3 is 1.14 bits per heavy atom. The molecule has 0 bridgehead atoms. The molecule has 0 aliphatic heterocycles. The van der Waals surface area contributed by atoms with Crippen LogP contribution in [0.4, 0.5) is 13.2 Å². The lowest BCUT2D eigenvalue weighted by Gasteiger charge is -2.14. The molecule has 0 aliphatic carbocycles. The van der Waals surface area contributed by atoms with Gasteiger partial charge in [-0.25, -0.2) is 4.79 Å². The molecule has 0 unspecified atom stereocenters. The fraction of sp³-hybridized carbons (Fsp3) is 0.147. The predicted molar refractivity (Wildman–Crippen MR) is 194 cm³/mol. The minimum Gasteiger partial charge on any atom is -0.478 e. The Labute approximate surface area is 331 Å². The molecule has 0 aliphatic rings. The number of carboxylic acids is 1. The van der Waals surface area contributed by atoms with E-state index in [2.05, 4.69) is 16.0 Å². The summed E-state index contributed by atoms with van der Waals surface area (Å²) in [5.74, 6) is -6.49. The van der Waals surface area contributed by atoms with Crippen LogP contribution in [0.2, 0.25) is 0 Å². The number of rotatable bonds is 15. The van der Waals surface area contributed by atoms with Crippen LogP contribution in [0.5, 0.6) is 0 Å². The average molecular weight is 887 g/mol. The van der Waals surface area contributed by atoms with E-state index < -0.39 is 118 Å². The highest BCUT2D eigenvalue weighted by atomic mass is 32.2. The maximum absolute atomic E-state index is 13.0. The number of carbonyl (C=O) groups excluding carboxylic acids is 4. The number of hydrogen-bond acceptors (Lipinski definition) is 11. The van der Waals surface area contributed by atoms with E-state index in [1.807, 2.05) is 0 Å². The number of carboxylic acid groups (broad SMARTS) is 1. The molecule has 0 fully saturated rings. The van der Waals surface area contributed by atoms with E-state index in [-0.39, 0.29) is 33.4 Å². The normalized spacial score (nSPS) is 12.0. The van der Waals surface area contributed by atoms with Crippen molar-refractivity contribution in [1.82, 2.24) is 21.3 Å². The van der Waals surface area contributed by atoms with Crippen molar-refractivity contribution in [2.75, 3.05) is 0 Å². The van der Waals surface area contributed by atoms with Gasteiger partial charge >= 0.3 is 18.1 Å². The predicted octanol–water partition coefficient (Wildman–Crippen LogP) is 2.09. The monoisotopic (exact) mass is 886 g/mol. The second-order valence-electron chi connectivity index (χ2n) is 12.1. The van der Waals surface area contributed by atoms with Crippen LogP contribution in [-0.2, 0) is 61.3 Å². The first kappa shape index (κ1) is 45.5. The number of amides is 4. The second-order valence-corrected chi connectivity index (χ2v) is 16.3. The van der Waals surface area contributed by atoms with Crippen LogP contribution in [0.25, 0.3) is 0 Å². The van der Waals surface area contributed by atoms with Gasteiger partial charge in [-0.2, -0.15) is 38.4 Å². The van der Waals surface area contributed by atoms with Crippen LogP contribution in [0, 0.1) is 0 Å². The number of benzene rings is 4. The summed E-state index contributed by atoms with van der Waals surface area (Å²) < 4.78 is 139. The second kappa shape index (κ2) is 17.7. The molecule has 8 N–H and O–H groups in total. The lowest BCUT2D eigenvalue weighted by atomic mass is 10.1. The van der Waals surface area contributed by atoms with Gasteiger partial charge in [0, 0.05) is 42.9 Å². The highest BCUT2D eigenvalue weighted by Gasteiger charge is 2.38. The van der Waals surface area contributed by atoms with Gasteiger partial charge in [0.1, 0.15) is 0 Å². The summed E-state index contributed by atoms with van der Waals surface area (Å²) in [5, 5.41) is 17.7. The van der Waals surface area contributed by atoms with Crippen molar-refractivity contribution in [2.45, 2.75) is 47.0 Å². The quantitative estimate of drug-likeness (QED) is 0.0793. The van der Waals surface area contributed by atoms with Gasteiger partial charge in [0.2, 0.25) is 0 Å². The van der Waals surface area contributed by atoms with Crippen molar-refractivity contribution in [2.24, 2.45) is 0 Å². The third-order valence-corrected chi connectivity index (χ3v) is 10.9. The molecule has 0 radical (unpaired) electrons. The van der Waals surface area contributed by atoms with Crippen molar-refractivity contribution in [3.05, 3.63) is 123 Å². The Morgan fingerprint density at radius 2 is 0.797 bits per heavy atom. The minimum absolute atomic E-state index is 0.0164. The van der Waals surface area contributed by atoms with E-state index in [0.29, 0.717) is 6.07 Å². The zero-order valence-corrected chi connectivity index (χ0v) is 31.9. The van der Waals surface area contributed by atoms with Crippen LogP contribution in [-0.4, -0.2) is 79.8 Å². The van der Waals surface area contributed by atoms with Gasteiger partial charge in [0.15, 0.2) is 0 Å². The van der Waals surface area contributed by atoms with Crippen molar-refractivity contribution in [1.29, 1.82) is 0 Å². The Kier molecular flexibility index (Phi) is 13.6. The van der Waals surface area contributed by atoms with Crippen molar-refractivity contribution >= 4 is 60.0 Å². The summed E-state index contributed by atoms with van der Waals surface area (Å²) >= 11 is 0. The largest absolute Gasteiger partial charge is 0.478 e. The molecule has 4 rings (SSSR count). The molecule has 4 aromatic rings. The van der Waals surface area contributed by atoms with Crippen molar-refractivity contribution < 1.29 is 81.2 Å². The molecule has 314 valence electrons. The molecule has 25 heteroatoms. The SMILES string of the molecule is O=C(O)c1ccc(CNC(=O)c2ccc(CNC(=O)c3ccc(CNC(=O)c4ccc(CNC(=O)C(F)(F)F)cc4)c(S(=O)(=O)O)c3)c(S(=O)(=O)O)c2)c(S(=O)(=O)O)c1. The smallest absolute Gasteiger partial charge is 0.471 e. The van der Waals surface area contributed by atoms with E-state index in [0.717, 1.165) is 48.5 Å². The molecule has 0 aromatic heterocycles.